The second-order valence-corrected chi connectivity index (χ2v) is 10.7. The summed E-state index contributed by atoms with van der Waals surface area (Å²) >= 11 is 0. The minimum absolute atomic E-state index is 0.0224. The van der Waals surface area contributed by atoms with Crippen molar-refractivity contribution >= 4 is 0 Å². The molecule has 2 fully saturated rings. The fourth-order valence-corrected chi connectivity index (χ4v) is 5.87. The molecule has 0 amide bonds. The van der Waals surface area contributed by atoms with Gasteiger partial charge in [0.2, 0.25) is 0 Å². The van der Waals surface area contributed by atoms with E-state index in [1.54, 1.807) is 21.3 Å². The van der Waals surface area contributed by atoms with E-state index in [4.69, 9.17) is 37.9 Å². The molecule has 2 aromatic carbocycles. The first-order chi connectivity index (χ1) is 19.5. The van der Waals surface area contributed by atoms with Gasteiger partial charge in [0.1, 0.15) is 18.3 Å². The van der Waals surface area contributed by atoms with E-state index in [1.165, 1.54) is 0 Å². The molecule has 2 aliphatic rings. The third-order valence-corrected chi connectivity index (χ3v) is 8.13. The first-order valence-corrected chi connectivity index (χ1v) is 14.3. The molecule has 0 aliphatic carbocycles. The Hall–Kier alpha value is -1.88. The van der Waals surface area contributed by atoms with Gasteiger partial charge in [-0.05, 0) is 17.5 Å². The van der Waals surface area contributed by atoms with Crippen LogP contribution < -0.4 is 0 Å². The number of rotatable bonds is 13. The van der Waals surface area contributed by atoms with Crippen LogP contribution in [0.1, 0.15) is 38.3 Å². The van der Waals surface area contributed by atoms with Crippen LogP contribution in [0.15, 0.2) is 60.7 Å². The van der Waals surface area contributed by atoms with E-state index in [1.807, 2.05) is 60.7 Å². The van der Waals surface area contributed by atoms with Gasteiger partial charge in [-0.15, -0.1) is 0 Å². The highest BCUT2D eigenvalue weighted by molar-refractivity contribution is 5.14. The van der Waals surface area contributed by atoms with Crippen LogP contribution >= 0.6 is 0 Å². The first-order valence-electron chi connectivity index (χ1n) is 14.3. The van der Waals surface area contributed by atoms with Gasteiger partial charge in [-0.2, -0.15) is 0 Å². The summed E-state index contributed by atoms with van der Waals surface area (Å²) in [5.41, 5.74) is 2.17. The third-order valence-electron chi connectivity index (χ3n) is 8.13. The van der Waals surface area contributed by atoms with Crippen molar-refractivity contribution in [2.45, 2.75) is 89.6 Å². The van der Waals surface area contributed by atoms with Crippen LogP contribution in [0.4, 0.5) is 0 Å². The van der Waals surface area contributed by atoms with Crippen molar-refractivity contribution in [3.05, 3.63) is 71.8 Å². The van der Waals surface area contributed by atoms with Crippen molar-refractivity contribution in [2.75, 3.05) is 27.9 Å². The summed E-state index contributed by atoms with van der Waals surface area (Å²) in [5.74, 6) is 0.0546. The van der Waals surface area contributed by atoms with Crippen LogP contribution in [0.25, 0.3) is 0 Å². The zero-order valence-electron chi connectivity index (χ0n) is 24.6. The van der Waals surface area contributed by atoms with Gasteiger partial charge in [-0.3, -0.25) is 0 Å². The SMILES string of the molecule is CCC1O[C@@H](O[C@H]2C(C)C(OCc3ccccc3)[C@@H](OC)O[C@H]2COCc2ccccc2)C(OC)[C@H](OC)[C@@H]1C. The molecule has 40 heavy (non-hydrogen) atoms. The average Bonchev–Trinajstić information content (AvgIpc) is 2.99. The topological polar surface area (TPSA) is 73.8 Å². The van der Waals surface area contributed by atoms with Gasteiger partial charge in [-0.1, -0.05) is 81.4 Å². The highest BCUT2D eigenvalue weighted by Crippen LogP contribution is 2.37. The van der Waals surface area contributed by atoms with Crippen LogP contribution in [-0.4, -0.2) is 77.1 Å². The minimum Gasteiger partial charge on any atom is -0.378 e. The van der Waals surface area contributed by atoms with Crippen LogP contribution in [0.2, 0.25) is 0 Å². The molecule has 0 aromatic heterocycles. The molecule has 4 unspecified atom stereocenters. The van der Waals surface area contributed by atoms with Gasteiger partial charge >= 0.3 is 0 Å². The third kappa shape index (κ3) is 7.49. The summed E-state index contributed by atoms with van der Waals surface area (Å²) in [6.45, 7) is 7.57. The van der Waals surface area contributed by atoms with Crippen LogP contribution in [-0.2, 0) is 51.1 Å². The second kappa shape index (κ2) is 15.4. The van der Waals surface area contributed by atoms with E-state index in [0.29, 0.717) is 19.8 Å². The van der Waals surface area contributed by atoms with Crippen molar-refractivity contribution in [3.63, 3.8) is 0 Å². The lowest BCUT2D eigenvalue weighted by molar-refractivity contribution is -0.352. The van der Waals surface area contributed by atoms with E-state index in [0.717, 1.165) is 17.5 Å². The minimum atomic E-state index is -0.641. The van der Waals surface area contributed by atoms with Gasteiger partial charge in [0.15, 0.2) is 12.6 Å². The van der Waals surface area contributed by atoms with E-state index in [-0.39, 0.29) is 30.1 Å². The molecule has 0 bridgehead atoms. The summed E-state index contributed by atoms with van der Waals surface area (Å²) in [4.78, 5) is 0. The summed E-state index contributed by atoms with van der Waals surface area (Å²) < 4.78 is 49.9. The van der Waals surface area contributed by atoms with Crippen molar-refractivity contribution in [2.24, 2.45) is 11.8 Å². The predicted octanol–water partition coefficient (Wildman–Crippen LogP) is 4.98. The Morgan fingerprint density at radius 3 is 1.80 bits per heavy atom. The molecule has 2 saturated heterocycles. The number of methoxy groups -OCH3 is 3. The number of benzene rings is 2. The van der Waals surface area contributed by atoms with Crippen LogP contribution in [0, 0.1) is 11.8 Å². The maximum absolute atomic E-state index is 6.78. The smallest absolute Gasteiger partial charge is 0.187 e. The Morgan fingerprint density at radius 2 is 1.23 bits per heavy atom. The van der Waals surface area contributed by atoms with Crippen molar-refractivity contribution in [3.8, 4) is 0 Å². The maximum atomic E-state index is 6.78. The average molecular weight is 559 g/mol. The van der Waals surface area contributed by atoms with Crippen LogP contribution in [0.3, 0.4) is 0 Å². The molecule has 2 aliphatic heterocycles. The molecule has 10 atom stereocenters. The lowest BCUT2D eigenvalue weighted by Gasteiger charge is -2.49. The Bertz CT molecular complexity index is 973. The van der Waals surface area contributed by atoms with Crippen molar-refractivity contribution in [1.82, 2.24) is 0 Å². The van der Waals surface area contributed by atoms with Gasteiger partial charge in [0.25, 0.3) is 0 Å². The standard InChI is InChI=1S/C32H46O8/c1-7-25-21(2)28(33-4)30(34-5)32(38-25)40-27-22(3)29(37-19-24-16-12-9-13-17-24)31(35-6)39-26(27)20-36-18-23-14-10-8-11-15-23/h8-17,21-22,25-32H,7,18-20H2,1-6H3/t21-,22?,25?,26+,27+,28-,29?,30?,31+,32+/m1/s1. The molecule has 4 rings (SSSR count). The fraction of sp³-hybridized carbons (Fsp3) is 0.625. The fourth-order valence-electron chi connectivity index (χ4n) is 5.87. The quantitative estimate of drug-likeness (QED) is 0.341. The lowest BCUT2D eigenvalue weighted by atomic mass is 9.88. The second-order valence-electron chi connectivity index (χ2n) is 10.7. The number of ether oxygens (including phenoxy) is 8. The zero-order chi connectivity index (χ0) is 28.5. The molecule has 2 heterocycles. The van der Waals surface area contributed by atoms with Crippen molar-refractivity contribution in [1.29, 1.82) is 0 Å². The molecular formula is C32H46O8. The highest BCUT2D eigenvalue weighted by atomic mass is 16.7. The Kier molecular flexibility index (Phi) is 11.9. The van der Waals surface area contributed by atoms with Gasteiger partial charge in [0, 0.05) is 33.2 Å². The van der Waals surface area contributed by atoms with E-state index < -0.39 is 30.9 Å². The van der Waals surface area contributed by atoms with Gasteiger partial charge in [-0.25, -0.2) is 0 Å². The molecule has 8 heteroatoms. The number of hydrogen-bond acceptors (Lipinski definition) is 8. The lowest BCUT2D eigenvalue weighted by Crippen LogP contribution is -2.61. The molecule has 2 aromatic rings. The normalized spacial score (nSPS) is 34.5. The molecule has 8 nitrogen and oxygen atoms in total. The van der Waals surface area contributed by atoms with Crippen molar-refractivity contribution < 1.29 is 37.9 Å². The van der Waals surface area contributed by atoms with Gasteiger partial charge < -0.3 is 37.9 Å². The Morgan fingerprint density at radius 1 is 0.625 bits per heavy atom. The molecule has 0 saturated carbocycles. The van der Waals surface area contributed by atoms with Gasteiger partial charge in [0.05, 0.1) is 38.1 Å². The van der Waals surface area contributed by atoms with E-state index in [9.17, 15) is 0 Å². The Balaban J connectivity index is 1.54. The first kappa shape index (κ1) is 31.1. The monoisotopic (exact) mass is 558 g/mol. The van der Waals surface area contributed by atoms with Crippen LogP contribution in [0.5, 0.6) is 0 Å². The maximum Gasteiger partial charge on any atom is 0.187 e. The predicted molar refractivity (Wildman–Crippen MR) is 151 cm³/mol. The summed E-state index contributed by atoms with van der Waals surface area (Å²) in [5, 5.41) is 0. The molecule has 0 spiro atoms. The molecule has 0 radical (unpaired) electrons. The molecule has 222 valence electrons. The Labute approximate surface area is 239 Å². The largest absolute Gasteiger partial charge is 0.378 e. The molecular weight excluding hydrogens is 512 g/mol. The highest BCUT2D eigenvalue weighted by Gasteiger charge is 2.50. The summed E-state index contributed by atoms with van der Waals surface area (Å²) in [6.07, 6.45) is -2.16. The summed E-state index contributed by atoms with van der Waals surface area (Å²) in [7, 11) is 5.02. The summed E-state index contributed by atoms with van der Waals surface area (Å²) in [6, 6.07) is 20.2. The molecule has 0 N–H and O–H groups in total. The van der Waals surface area contributed by atoms with E-state index in [2.05, 4.69) is 20.8 Å². The van der Waals surface area contributed by atoms with E-state index >= 15 is 0 Å². The number of hydrogen-bond donors (Lipinski definition) is 0. The zero-order valence-corrected chi connectivity index (χ0v) is 24.6.